The van der Waals surface area contributed by atoms with E-state index in [9.17, 15) is 0 Å². The summed E-state index contributed by atoms with van der Waals surface area (Å²) in [7, 11) is 0. The molecular weight excluding hydrogens is 280 g/mol. The molecule has 1 unspecified atom stereocenters. The van der Waals surface area contributed by atoms with Gasteiger partial charge in [-0.25, -0.2) is 0 Å². The molecule has 0 amide bonds. The third-order valence-corrected chi connectivity index (χ3v) is 4.99. The molecule has 0 spiro atoms. The second-order valence-electron chi connectivity index (χ2n) is 6.31. The molecule has 3 aromatic carbocycles. The van der Waals surface area contributed by atoms with Crippen LogP contribution in [0.5, 0.6) is 0 Å². The minimum Gasteiger partial charge on any atom is -0.329 e. The van der Waals surface area contributed by atoms with Crippen LogP contribution >= 0.6 is 0 Å². The van der Waals surface area contributed by atoms with Gasteiger partial charge in [-0.2, -0.15) is 0 Å². The number of hydrogen-bond acceptors (Lipinski definition) is 2. The van der Waals surface area contributed by atoms with Gasteiger partial charge in [0.05, 0.1) is 0 Å². The predicted octanol–water partition coefficient (Wildman–Crippen LogP) is 3.90. The molecule has 0 aromatic heterocycles. The monoisotopic (exact) mass is 302 g/mol. The average Bonchev–Trinajstić information content (AvgIpc) is 2.99. The first-order valence-corrected chi connectivity index (χ1v) is 8.35. The standard InChI is InChI=1S/C21H22N2/c22-14-21-19-11-10-17-8-4-5-9-18(17)20(19)15-23(21)13-12-16-6-2-1-3-7-16/h1-11,21H,12-15,22H2. The molecule has 2 nitrogen and oxygen atoms in total. The van der Waals surface area contributed by atoms with E-state index in [-0.39, 0.29) is 0 Å². The first kappa shape index (κ1) is 14.4. The number of nitrogens with two attached hydrogens (primary N) is 1. The highest BCUT2D eigenvalue weighted by atomic mass is 15.2. The molecule has 1 aliphatic rings. The van der Waals surface area contributed by atoms with Gasteiger partial charge in [0.2, 0.25) is 0 Å². The van der Waals surface area contributed by atoms with Gasteiger partial charge in [-0.1, -0.05) is 66.7 Å². The van der Waals surface area contributed by atoms with E-state index >= 15 is 0 Å². The van der Waals surface area contributed by atoms with Crippen LogP contribution in [-0.4, -0.2) is 18.0 Å². The topological polar surface area (TPSA) is 29.3 Å². The van der Waals surface area contributed by atoms with Crippen molar-refractivity contribution in [2.24, 2.45) is 5.73 Å². The maximum atomic E-state index is 6.11. The van der Waals surface area contributed by atoms with Crippen molar-refractivity contribution in [2.75, 3.05) is 13.1 Å². The van der Waals surface area contributed by atoms with Crippen LogP contribution < -0.4 is 5.73 Å². The average molecular weight is 302 g/mol. The second kappa shape index (κ2) is 6.15. The van der Waals surface area contributed by atoms with Crippen molar-refractivity contribution in [2.45, 2.75) is 19.0 Å². The van der Waals surface area contributed by atoms with Gasteiger partial charge in [-0.15, -0.1) is 0 Å². The van der Waals surface area contributed by atoms with Crippen LogP contribution in [0.4, 0.5) is 0 Å². The van der Waals surface area contributed by atoms with Crippen LogP contribution in [0.15, 0.2) is 66.7 Å². The number of fused-ring (bicyclic) bond motifs is 3. The van der Waals surface area contributed by atoms with Crippen molar-refractivity contribution >= 4 is 10.8 Å². The summed E-state index contributed by atoms with van der Waals surface area (Å²) >= 11 is 0. The van der Waals surface area contributed by atoms with Gasteiger partial charge in [-0.05, 0) is 33.9 Å². The van der Waals surface area contributed by atoms with E-state index in [4.69, 9.17) is 5.73 Å². The van der Waals surface area contributed by atoms with Crippen molar-refractivity contribution < 1.29 is 0 Å². The molecule has 0 radical (unpaired) electrons. The number of rotatable bonds is 4. The van der Waals surface area contributed by atoms with E-state index in [1.165, 1.54) is 27.5 Å². The normalized spacial score (nSPS) is 17.5. The van der Waals surface area contributed by atoms with E-state index in [0.717, 1.165) is 19.5 Å². The fourth-order valence-corrected chi connectivity index (χ4v) is 3.78. The van der Waals surface area contributed by atoms with Crippen LogP contribution in [0.2, 0.25) is 0 Å². The highest BCUT2D eigenvalue weighted by Crippen LogP contribution is 2.37. The van der Waals surface area contributed by atoms with E-state index in [1.807, 2.05) is 0 Å². The molecule has 1 aliphatic heterocycles. The summed E-state index contributed by atoms with van der Waals surface area (Å²) in [5, 5.41) is 2.71. The Morgan fingerprint density at radius 1 is 0.913 bits per heavy atom. The Kier molecular flexibility index (Phi) is 3.86. The van der Waals surface area contributed by atoms with Crippen LogP contribution in [0, 0.1) is 0 Å². The zero-order valence-electron chi connectivity index (χ0n) is 13.3. The van der Waals surface area contributed by atoms with Crippen LogP contribution in [-0.2, 0) is 13.0 Å². The Labute approximate surface area is 137 Å². The molecule has 2 N–H and O–H groups in total. The molecule has 0 fully saturated rings. The zero-order valence-corrected chi connectivity index (χ0v) is 13.3. The fourth-order valence-electron chi connectivity index (χ4n) is 3.78. The maximum Gasteiger partial charge on any atom is 0.0477 e. The van der Waals surface area contributed by atoms with Gasteiger partial charge in [0.25, 0.3) is 0 Å². The first-order valence-electron chi connectivity index (χ1n) is 8.35. The lowest BCUT2D eigenvalue weighted by atomic mass is 9.98. The summed E-state index contributed by atoms with van der Waals surface area (Å²) in [5.74, 6) is 0. The van der Waals surface area contributed by atoms with Crippen molar-refractivity contribution in [3.63, 3.8) is 0 Å². The second-order valence-corrected chi connectivity index (χ2v) is 6.31. The van der Waals surface area contributed by atoms with Gasteiger partial charge >= 0.3 is 0 Å². The molecule has 116 valence electrons. The molecule has 1 heterocycles. The Bertz CT molecular complexity index is 810. The fraction of sp³-hybridized carbons (Fsp3) is 0.238. The predicted molar refractivity (Wildman–Crippen MR) is 96.3 cm³/mol. The molecule has 0 saturated heterocycles. The molecular formula is C21H22N2. The number of hydrogen-bond donors (Lipinski definition) is 1. The van der Waals surface area contributed by atoms with Gasteiger partial charge < -0.3 is 5.73 Å². The van der Waals surface area contributed by atoms with E-state index in [1.54, 1.807) is 0 Å². The highest BCUT2D eigenvalue weighted by molar-refractivity contribution is 5.87. The van der Waals surface area contributed by atoms with Crippen LogP contribution in [0.1, 0.15) is 22.7 Å². The van der Waals surface area contributed by atoms with E-state index < -0.39 is 0 Å². The quantitative estimate of drug-likeness (QED) is 0.792. The van der Waals surface area contributed by atoms with Crippen LogP contribution in [0.3, 0.4) is 0 Å². The Hall–Kier alpha value is -2.16. The third-order valence-electron chi connectivity index (χ3n) is 4.99. The zero-order chi connectivity index (χ0) is 15.6. The van der Waals surface area contributed by atoms with Crippen LogP contribution in [0.25, 0.3) is 10.8 Å². The molecule has 3 aromatic rings. The molecule has 23 heavy (non-hydrogen) atoms. The summed E-state index contributed by atoms with van der Waals surface area (Å²) in [6.07, 6.45) is 1.07. The van der Waals surface area contributed by atoms with Crippen molar-refractivity contribution in [1.29, 1.82) is 0 Å². The SMILES string of the molecule is NCC1c2ccc3ccccc3c2CN1CCc1ccccc1. The lowest BCUT2D eigenvalue weighted by molar-refractivity contribution is 0.223. The number of benzene rings is 3. The lowest BCUT2D eigenvalue weighted by Gasteiger charge is -2.23. The minimum absolute atomic E-state index is 0.346. The first-order chi connectivity index (χ1) is 11.4. The van der Waals surface area contributed by atoms with Crippen molar-refractivity contribution in [3.8, 4) is 0 Å². The Morgan fingerprint density at radius 3 is 2.52 bits per heavy atom. The summed E-state index contributed by atoms with van der Waals surface area (Å²) in [6, 6.07) is 24.2. The highest BCUT2D eigenvalue weighted by Gasteiger charge is 2.29. The molecule has 0 bridgehead atoms. The summed E-state index contributed by atoms with van der Waals surface area (Å²) in [6.45, 7) is 2.74. The van der Waals surface area contributed by atoms with Gasteiger partial charge in [0.1, 0.15) is 0 Å². The lowest BCUT2D eigenvalue weighted by Crippen LogP contribution is -2.29. The maximum absolute atomic E-state index is 6.11. The summed E-state index contributed by atoms with van der Waals surface area (Å²) in [4.78, 5) is 2.53. The van der Waals surface area contributed by atoms with Gasteiger partial charge in [0.15, 0.2) is 0 Å². The smallest absolute Gasteiger partial charge is 0.0477 e. The van der Waals surface area contributed by atoms with Gasteiger partial charge in [0, 0.05) is 25.7 Å². The summed E-state index contributed by atoms with van der Waals surface area (Å²) in [5.41, 5.74) is 10.4. The van der Waals surface area contributed by atoms with Gasteiger partial charge in [-0.3, -0.25) is 4.90 Å². The molecule has 4 rings (SSSR count). The van der Waals surface area contributed by atoms with Crippen molar-refractivity contribution in [3.05, 3.63) is 83.4 Å². The Balaban J connectivity index is 1.61. The third kappa shape index (κ3) is 2.65. The Morgan fingerprint density at radius 2 is 1.70 bits per heavy atom. The molecule has 2 heteroatoms. The molecule has 1 atom stereocenters. The van der Waals surface area contributed by atoms with Crippen molar-refractivity contribution in [1.82, 2.24) is 4.90 Å². The number of nitrogens with zero attached hydrogens (tertiary/aromatic N) is 1. The summed E-state index contributed by atoms with van der Waals surface area (Å²) < 4.78 is 0. The minimum atomic E-state index is 0.346. The molecule has 0 saturated carbocycles. The largest absolute Gasteiger partial charge is 0.329 e. The van der Waals surface area contributed by atoms with E-state index in [0.29, 0.717) is 12.6 Å². The molecule has 0 aliphatic carbocycles. The van der Waals surface area contributed by atoms with E-state index in [2.05, 4.69) is 71.6 Å².